The summed E-state index contributed by atoms with van der Waals surface area (Å²) < 4.78 is 52.7. The summed E-state index contributed by atoms with van der Waals surface area (Å²) in [6, 6.07) is 3.13. The lowest BCUT2D eigenvalue weighted by Gasteiger charge is -2.11. The molecule has 0 saturated carbocycles. The summed E-state index contributed by atoms with van der Waals surface area (Å²) in [7, 11) is 0. The maximum absolute atomic E-state index is 13.4. The average molecular weight is 291 g/mol. The minimum absolute atomic E-state index is 0.00969. The molecule has 0 saturated heterocycles. The third kappa shape index (κ3) is 2.73. The molecule has 0 radical (unpaired) electrons. The van der Waals surface area contributed by atoms with Crippen LogP contribution in [0.4, 0.5) is 34.6 Å². The van der Waals surface area contributed by atoms with Crippen molar-refractivity contribution in [2.45, 2.75) is 0 Å². The van der Waals surface area contributed by atoms with Gasteiger partial charge in [0.05, 0.1) is 22.1 Å². The Bertz CT molecular complexity index is 646. The van der Waals surface area contributed by atoms with Crippen LogP contribution in [0.1, 0.15) is 0 Å². The summed E-state index contributed by atoms with van der Waals surface area (Å²) in [5.41, 5.74) is 5.01. The van der Waals surface area contributed by atoms with Crippen LogP contribution >= 0.6 is 11.6 Å². The van der Waals surface area contributed by atoms with Crippen LogP contribution in [0.2, 0.25) is 5.02 Å². The molecule has 7 heteroatoms. The number of hydrogen-bond acceptors (Lipinski definition) is 2. The van der Waals surface area contributed by atoms with E-state index in [0.717, 1.165) is 18.2 Å². The van der Waals surface area contributed by atoms with Crippen LogP contribution in [-0.4, -0.2) is 0 Å². The molecule has 2 rings (SSSR count). The van der Waals surface area contributed by atoms with E-state index in [1.165, 1.54) is 0 Å². The lowest BCUT2D eigenvalue weighted by Crippen LogP contribution is -2.01. The second kappa shape index (κ2) is 4.97. The van der Waals surface area contributed by atoms with E-state index in [4.69, 9.17) is 17.3 Å². The van der Waals surface area contributed by atoms with Crippen LogP contribution in [0.5, 0.6) is 0 Å². The van der Waals surface area contributed by atoms with Gasteiger partial charge in [0.2, 0.25) is 0 Å². The molecule has 0 fully saturated rings. The number of hydrogen-bond donors (Lipinski definition) is 2. The van der Waals surface area contributed by atoms with Crippen molar-refractivity contribution in [2.24, 2.45) is 0 Å². The predicted molar refractivity (Wildman–Crippen MR) is 65.4 cm³/mol. The average Bonchev–Trinajstić information content (AvgIpc) is 2.32. The fraction of sp³-hybridized carbons (Fsp3) is 0. The predicted octanol–water partition coefficient (Wildman–Crippen LogP) is 4.22. The van der Waals surface area contributed by atoms with Crippen LogP contribution in [0.3, 0.4) is 0 Å². The van der Waals surface area contributed by atoms with Crippen molar-refractivity contribution in [3.8, 4) is 0 Å². The zero-order chi connectivity index (χ0) is 14.2. The first-order valence-electron chi connectivity index (χ1n) is 5.04. The molecule has 0 heterocycles. The van der Waals surface area contributed by atoms with Gasteiger partial charge in [0.15, 0.2) is 11.6 Å². The van der Waals surface area contributed by atoms with E-state index in [2.05, 4.69) is 5.32 Å². The van der Waals surface area contributed by atoms with E-state index in [9.17, 15) is 17.6 Å². The topological polar surface area (TPSA) is 38.0 Å². The highest BCUT2D eigenvalue weighted by atomic mass is 35.5. The number of benzene rings is 2. The van der Waals surface area contributed by atoms with E-state index >= 15 is 0 Å². The van der Waals surface area contributed by atoms with E-state index in [1.807, 2.05) is 0 Å². The molecule has 0 unspecified atom stereocenters. The van der Waals surface area contributed by atoms with Crippen molar-refractivity contribution in [3.63, 3.8) is 0 Å². The van der Waals surface area contributed by atoms with Crippen LogP contribution in [0.25, 0.3) is 0 Å². The van der Waals surface area contributed by atoms with E-state index in [1.54, 1.807) is 0 Å². The molecule has 3 N–H and O–H groups in total. The second-order valence-electron chi connectivity index (χ2n) is 3.73. The minimum atomic E-state index is -1.37. The summed E-state index contributed by atoms with van der Waals surface area (Å²) in [6.07, 6.45) is 0. The van der Waals surface area contributed by atoms with Crippen LogP contribution in [0.15, 0.2) is 24.3 Å². The van der Waals surface area contributed by atoms with Gasteiger partial charge in [0.1, 0.15) is 11.6 Å². The first-order chi connectivity index (χ1) is 8.88. The Hall–Kier alpha value is -1.95. The molecular formula is C12H7ClF4N2. The van der Waals surface area contributed by atoms with Gasteiger partial charge in [-0.2, -0.15) is 0 Å². The molecular weight excluding hydrogens is 284 g/mol. The normalized spacial score (nSPS) is 10.6. The molecule has 0 aliphatic carbocycles. The Labute approximate surface area is 110 Å². The summed E-state index contributed by atoms with van der Waals surface area (Å²) in [5.74, 6) is -4.43. The molecule has 100 valence electrons. The molecule has 0 aliphatic heterocycles. The van der Waals surface area contributed by atoms with Gasteiger partial charge < -0.3 is 11.1 Å². The van der Waals surface area contributed by atoms with Crippen molar-refractivity contribution in [1.82, 2.24) is 0 Å². The van der Waals surface area contributed by atoms with Gasteiger partial charge in [-0.25, -0.2) is 17.6 Å². The molecule has 0 spiro atoms. The Balaban J connectivity index is 2.44. The van der Waals surface area contributed by atoms with Gasteiger partial charge in [-0.1, -0.05) is 11.6 Å². The van der Waals surface area contributed by atoms with Crippen molar-refractivity contribution >= 4 is 28.7 Å². The van der Waals surface area contributed by atoms with Gasteiger partial charge in [-0.3, -0.25) is 0 Å². The summed E-state index contributed by atoms with van der Waals surface area (Å²) >= 11 is 5.49. The first kappa shape index (κ1) is 13.5. The van der Waals surface area contributed by atoms with Crippen LogP contribution < -0.4 is 11.1 Å². The lowest BCUT2D eigenvalue weighted by molar-refractivity contribution is 0.498. The van der Waals surface area contributed by atoms with Crippen molar-refractivity contribution in [2.75, 3.05) is 11.1 Å². The molecule has 0 atom stereocenters. The first-order valence-corrected chi connectivity index (χ1v) is 5.42. The summed E-state index contributed by atoms with van der Waals surface area (Å²) in [5, 5.41) is 2.10. The molecule has 0 bridgehead atoms. The van der Waals surface area contributed by atoms with Gasteiger partial charge in [0.25, 0.3) is 0 Å². The standard InChI is InChI=1S/C12H7ClF4N2/c13-6-3-9(18)10(4-7(6)15)19-11-2-5(14)1-8(16)12(11)17/h1-4,19H,18H2. The van der Waals surface area contributed by atoms with Gasteiger partial charge in [-0.15, -0.1) is 0 Å². The zero-order valence-corrected chi connectivity index (χ0v) is 10.0. The summed E-state index contributed by atoms with van der Waals surface area (Å²) in [6.45, 7) is 0. The fourth-order valence-corrected chi connectivity index (χ4v) is 1.63. The highest BCUT2D eigenvalue weighted by Crippen LogP contribution is 2.30. The third-order valence-electron chi connectivity index (χ3n) is 2.35. The smallest absolute Gasteiger partial charge is 0.182 e. The number of nitrogens with one attached hydrogen (secondary N) is 1. The monoisotopic (exact) mass is 290 g/mol. The maximum atomic E-state index is 13.4. The van der Waals surface area contributed by atoms with E-state index in [0.29, 0.717) is 6.07 Å². The Morgan fingerprint density at radius 2 is 1.58 bits per heavy atom. The van der Waals surface area contributed by atoms with E-state index in [-0.39, 0.29) is 16.4 Å². The number of anilines is 3. The van der Waals surface area contributed by atoms with Gasteiger partial charge in [-0.05, 0) is 6.07 Å². The number of halogens is 5. The number of rotatable bonds is 2. The van der Waals surface area contributed by atoms with Gasteiger partial charge >= 0.3 is 0 Å². The number of nitrogen functional groups attached to an aromatic ring is 1. The highest BCUT2D eigenvalue weighted by Gasteiger charge is 2.13. The molecule has 0 amide bonds. The van der Waals surface area contributed by atoms with Gasteiger partial charge in [0, 0.05) is 18.2 Å². The Morgan fingerprint density at radius 3 is 2.26 bits per heavy atom. The minimum Gasteiger partial charge on any atom is -0.397 e. The molecule has 2 aromatic carbocycles. The van der Waals surface area contributed by atoms with Crippen molar-refractivity contribution in [1.29, 1.82) is 0 Å². The third-order valence-corrected chi connectivity index (χ3v) is 2.64. The fourth-order valence-electron chi connectivity index (χ4n) is 1.46. The Kier molecular flexibility index (Phi) is 3.53. The van der Waals surface area contributed by atoms with Crippen LogP contribution in [-0.2, 0) is 0 Å². The largest absolute Gasteiger partial charge is 0.397 e. The molecule has 0 aromatic heterocycles. The maximum Gasteiger partial charge on any atom is 0.182 e. The molecule has 2 aromatic rings. The molecule has 2 nitrogen and oxygen atoms in total. The zero-order valence-electron chi connectivity index (χ0n) is 9.28. The van der Waals surface area contributed by atoms with Crippen molar-refractivity contribution in [3.05, 3.63) is 52.6 Å². The van der Waals surface area contributed by atoms with Crippen molar-refractivity contribution < 1.29 is 17.6 Å². The quantitative estimate of drug-likeness (QED) is 0.494. The molecule has 19 heavy (non-hydrogen) atoms. The molecule has 0 aliphatic rings. The lowest BCUT2D eigenvalue weighted by atomic mass is 10.2. The highest BCUT2D eigenvalue weighted by molar-refractivity contribution is 6.31. The number of nitrogens with two attached hydrogens (primary N) is 1. The summed E-state index contributed by atoms with van der Waals surface area (Å²) in [4.78, 5) is 0. The SMILES string of the molecule is Nc1cc(Cl)c(F)cc1Nc1cc(F)cc(F)c1F. The second-order valence-corrected chi connectivity index (χ2v) is 4.13. The van der Waals surface area contributed by atoms with E-state index < -0.39 is 29.0 Å². The van der Waals surface area contributed by atoms with Crippen LogP contribution in [0, 0.1) is 23.3 Å². The Morgan fingerprint density at radius 1 is 0.895 bits per heavy atom.